The fourth-order valence-electron chi connectivity index (χ4n) is 3.35. The second-order valence-corrected chi connectivity index (χ2v) is 7.33. The third-order valence-electron chi connectivity index (χ3n) is 4.78. The number of aliphatic hydroxyl groups excluding tert-OH is 2. The highest BCUT2D eigenvalue weighted by Crippen LogP contribution is 2.43. The van der Waals surface area contributed by atoms with Crippen LogP contribution < -0.4 is 14.9 Å². The van der Waals surface area contributed by atoms with Crippen LogP contribution in [0.4, 0.5) is 0 Å². The predicted octanol–water partition coefficient (Wildman–Crippen LogP) is 1.68. The normalized spacial score (nSPS) is 16.4. The number of aliphatic hydroxyl groups is 3. The molecule has 2 heterocycles. The SMILES string of the molecule is CCCOc1c2c(cc3oc(CO)c(CCO)c(=O)c13)OC(C(C)(C)O)C2. The standard InChI is InChI=1S/C20H26O7/c1-4-7-25-19-12-8-16(20(2,3)24)27-13(12)9-14-17(19)18(23)11(5-6-21)15(10-22)26-14/h9,16,21-22,24H,4-8,10H2,1-3H3. The molecule has 1 aliphatic rings. The number of hydrogen-bond acceptors (Lipinski definition) is 7. The molecule has 0 amide bonds. The second-order valence-electron chi connectivity index (χ2n) is 7.33. The first kappa shape index (κ1) is 19.7. The third-order valence-corrected chi connectivity index (χ3v) is 4.78. The molecule has 1 aromatic heterocycles. The average Bonchev–Trinajstić information content (AvgIpc) is 3.05. The molecule has 0 spiro atoms. The number of ether oxygens (including phenoxy) is 2. The summed E-state index contributed by atoms with van der Waals surface area (Å²) in [6.45, 7) is 5.03. The Balaban J connectivity index is 2.27. The molecule has 0 bridgehead atoms. The van der Waals surface area contributed by atoms with E-state index in [9.17, 15) is 20.1 Å². The maximum absolute atomic E-state index is 13.1. The van der Waals surface area contributed by atoms with Crippen molar-refractivity contribution in [3.8, 4) is 11.5 Å². The summed E-state index contributed by atoms with van der Waals surface area (Å²) >= 11 is 0. The van der Waals surface area contributed by atoms with Gasteiger partial charge in [-0.25, -0.2) is 0 Å². The van der Waals surface area contributed by atoms with Gasteiger partial charge in [0.1, 0.15) is 40.9 Å². The van der Waals surface area contributed by atoms with Gasteiger partial charge in [0, 0.05) is 36.6 Å². The van der Waals surface area contributed by atoms with E-state index in [-0.39, 0.29) is 40.7 Å². The highest BCUT2D eigenvalue weighted by atomic mass is 16.5. The van der Waals surface area contributed by atoms with Crippen LogP contribution in [0.1, 0.15) is 44.1 Å². The molecule has 0 saturated heterocycles. The lowest BCUT2D eigenvalue weighted by Gasteiger charge is -2.24. The van der Waals surface area contributed by atoms with Crippen molar-refractivity contribution in [2.75, 3.05) is 13.2 Å². The Labute approximate surface area is 157 Å². The van der Waals surface area contributed by atoms with E-state index < -0.39 is 18.3 Å². The smallest absolute Gasteiger partial charge is 0.200 e. The van der Waals surface area contributed by atoms with Crippen LogP contribution >= 0.6 is 0 Å². The van der Waals surface area contributed by atoms with Gasteiger partial charge in [0.05, 0.1) is 12.2 Å². The highest BCUT2D eigenvalue weighted by molar-refractivity contribution is 5.88. The Morgan fingerprint density at radius 2 is 2.07 bits per heavy atom. The third kappa shape index (κ3) is 3.54. The van der Waals surface area contributed by atoms with Gasteiger partial charge in [-0.15, -0.1) is 0 Å². The number of hydrogen-bond donors (Lipinski definition) is 3. The van der Waals surface area contributed by atoms with E-state index >= 15 is 0 Å². The van der Waals surface area contributed by atoms with E-state index in [0.717, 1.165) is 12.0 Å². The van der Waals surface area contributed by atoms with Crippen molar-refractivity contribution < 1.29 is 29.2 Å². The van der Waals surface area contributed by atoms with E-state index in [4.69, 9.17) is 13.9 Å². The predicted molar refractivity (Wildman–Crippen MR) is 99.4 cm³/mol. The summed E-state index contributed by atoms with van der Waals surface area (Å²) in [5, 5.41) is 29.5. The van der Waals surface area contributed by atoms with Gasteiger partial charge >= 0.3 is 0 Å². The fourth-order valence-corrected chi connectivity index (χ4v) is 3.35. The molecule has 7 heteroatoms. The highest BCUT2D eigenvalue weighted by Gasteiger charge is 2.38. The summed E-state index contributed by atoms with van der Waals surface area (Å²) in [6, 6.07) is 1.61. The Morgan fingerprint density at radius 3 is 2.67 bits per heavy atom. The topological polar surface area (TPSA) is 109 Å². The summed E-state index contributed by atoms with van der Waals surface area (Å²) in [7, 11) is 0. The molecule has 1 unspecified atom stereocenters. The summed E-state index contributed by atoms with van der Waals surface area (Å²) < 4.78 is 17.6. The van der Waals surface area contributed by atoms with Crippen LogP contribution in [0.2, 0.25) is 0 Å². The molecule has 3 N–H and O–H groups in total. The first-order chi connectivity index (χ1) is 12.8. The van der Waals surface area contributed by atoms with Crippen LogP contribution in [0.3, 0.4) is 0 Å². The van der Waals surface area contributed by atoms with Crippen LogP contribution in [0.5, 0.6) is 11.5 Å². The maximum Gasteiger partial charge on any atom is 0.200 e. The van der Waals surface area contributed by atoms with Crippen LogP contribution in [-0.4, -0.2) is 40.2 Å². The number of benzene rings is 1. The molecule has 0 fully saturated rings. The lowest BCUT2D eigenvalue weighted by molar-refractivity contribution is -0.0229. The quantitative estimate of drug-likeness (QED) is 0.672. The monoisotopic (exact) mass is 378 g/mol. The maximum atomic E-state index is 13.1. The summed E-state index contributed by atoms with van der Waals surface area (Å²) in [6.07, 6.45) is 0.772. The molecule has 1 aromatic carbocycles. The van der Waals surface area contributed by atoms with Crippen molar-refractivity contribution in [1.82, 2.24) is 0 Å². The first-order valence-electron chi connectivity index (χ1n) is 9.19. The zero-order valence-electron chi connectivity index (χ0n) is 15.9. The number of rotatable bonds is 7. The van der Waals surface area contributed by atoms with Crippen molar-refractivity contribution in [2.24, 2.45) is 0 Å². The van der Waals surface area contributed by atoms with E-state index in [1.807, 2.05) is 6.92 Å². The second kappa shape index (κ2) is 7.50. The molecule has 1 aliphatic heterocycles. The lowest BCUT2D eigenvalue weighted by atomic mass is 9.95. The van der Waals surface area contributed by atoms with Crippen LogP contribution in [0.15, 0.2) is 15.3 Å². The van der Waals surface area contributed by atoms with E-state index in [1.54, 1.807) is 19.9 Å². The zero-order valence-corrected chi connectivity index (χ0v) is 15.9. The molecule has 27 heavy (non-hydrogen) atoms. The lowest BCUT2D eigenvalue weighted by Crippen LogP contribution is -2.39. The largest absolute Gasteiger partial charge is 0.492 e. The van der Waals surface area contributed by atoms with Gasteiger partial charge in [-0.1, -0.05) is 6.92 Å². The Bertz CT molecular complexity index is 892. The van der Waals surface area contributed by atoms with Crippen molar-refractivity contribution >= 4 is 11.0 Å². The van der Waals surface area contributed by atoms with Gasteiger partial charge in [-0.2, -0.15) is 0 Å². The van der Waals surface area contributed by atoms with Crippen molar-refractivity contribution in [3.05, 3.63) is 33.2 Å². The molecule has 0 aliphatic carbocycles. The van der Waals surface area contributed by atoms with Gasteiger partial charge in [0.25, 0.3) is 0 Å². The zero-order chi connectivity index (χ0) is 19.8. The molecule has 1 atom stereocenters. The molecule has 2 aromatic rings. The van der Waals surface area contributed by atoms with Gasteiger partial charge in [-0.3, -0.25) is 4.79 Å². The van der Waals surface area contributed by atoms with Crippen molar-refractivity contribution in [2.45, 2.75) is 58.3 Å². The minimum Gasteiger partial charge on any atom is -0.492 e. The van der Waals surface area contributed by atoms with E-state index in [1.165, 1.54) is 0 Å². The minimum atomic E-state index is -1.07. The summed E-state index contributed by atoms with van der Waals surface area (Å²) in [4.78, 5) is 13.1. The molecular formula is C20H26O7. The van der Waals surface area contributed by atoms with E-state index in [2.05, 4.69) is 0 Å². The average molecular weight is 378 g/mol. The Morgan fingerprint density at radius 1 is 1.33 bits per heavy atom. The fraction of sp³-hybridized carbons (Fsp3) is 0.550. The first-order valence-corrected chi connectivity index (χ1v) is 9.19. The van der Waals surface area contributed by atoms with Crippen molar-refractivity contribution in [1.29, 1.82) is 0 Å². The van der Waals surface area contributed by atoms with Gasteiger partial charge < -0.3 is 29.2 Å². The number of fused-ring (bicyclic) bond motifs is 2. The van der Waals surface area contributed by atoms with E-state index in [0.29, 0.717) is 24.5 Å². The van der Waals surface area contributed by atoms with Gasteiger partial charge in [0.15, 0.2) is 5.43 Å². The Kier molecular flexibility index (Phi) is 5.46. The van der Waals surface area contributed by atoms with Crippen LogP contribution in [0.25, 0.3) is 11.0 Å². The summed E-state index contributed by atoms with van der Waals surface area (Å²) in [5.41, 5.74) is -0.168. The van der Waals surface area contributed by atoms with Gasteiger partial charge in [-0.05, 0) is 20.3 Å². The molecule has 0 saturated carbocycles. The summed E-state index contributed by atoms with van der Waals surface area (Å²) in [5.74, 6) is 1.02. The molecule has 148 valence electrons. The molecule has 0 radical (unpaired) electrons. The molecule has 3 rings (SSSR count). The van der Waals surface area contributed by atoms with Gasteiger partial charge in [0.2, 0.25) is 0 Å². The minimum absolute atomic E-state index is 0.0846. The van der Waals surface area contributed by atoms with Crippen LogP contribution in [-0.2, 0) is 19.4 Å². The Hall–Kier alpha value is -2.09. The van der Waals surface area contributed by atoms with Crippen LogP contribution in [0, 0.1) is 0 Å². The molecular weight excluding hydrogens is 352 g/mol. The molecule has 7 nitrogen and oxygen atoms in total. The van der Waals surface area contributed by atoms with Crippen molar-refractivity contribution in [3.63, 3.8) is 0 Å².